The molecule has 7 nitrogen and oxygen atoms in total. The average molecular weight is 421 g/mol. The molecular weight excluding hydrogens is 394 g/mol. The van der Waals surface area contributed by atoms with Crippen LogP contribution in [-0.4, -0.2) is 42.3 Å². The molecule has 2 unspecified atom stereocenters. The van der Waals surface area contributed by atoms with Crippen molar-refractivity contribution in [3.63, 3.8) is 0 Å². The molecule has 2 fully saturated rings. The quantitative estimate of drug-likeness (QED) is 0.625. The van der Waals surface area contributed by atoms with Crippen LogP contribution in [0.25, 0.3) is 22.2 Å². The Balaban J connectivity index is 1.57. The van der Waals surface area contributed by atoms with Crippen LogP contribution in [0.1, 0.15) is 32.2 Å². The van der Waals surface area contributed by atoms with Gasteiger partial charge in [-0.1, -0.05) is 6.07 Å². The van der Waals surface area contributed by atoms with E-state index in [1.165, 1.54) is 12.8 Å². The first-order valence-electron chi connectivity index (χ1n) is 10.7. The first-order chi connectivity index (χ1) is 15.1. The molecule has 2 heterocycles. The van der Waals surface area contributed by atoms with Gasteiger partial charge < -0.3 is 24.1 Å². The zero-order valence-electron chi connectivity index (χ0n) is 18.1. The fraction of sp³-hybridized carbons (Fsp3) is 0.417. The van der Waals surface area contributed by atoms with Gasteiger partial charge in [-0.05, 0) is 55.2 Å². The first-order valence-corrected chi connectivity index (χ1v) is 10.7. The maximum atomic E-state index is 11.7. The minimum Gasteiger partial charge on any atom is -0.493 e. The smallest absolute Gasteiger partial charge is 0.220 e. The molecule has 1 aliphatic carbocycles. The van der Waals surface area contributed by atoms with Crippen molar-refractivity contribution in [3.05, 3.63) is 36.7 Å². The van der Waals surface area contributed by atoms with Gasteiger partial charge in [0, 0.05) is 24.9 Å². The maximum absolute atomic E-state index is 11.7. The SMILES string of the molecule is COc1ccc(-c2cc(OC(C)C3CNC(=O)C3)c3c(c2)ncn3C2CC2)cc1OC. The highest BCUT2D eigenvalue weighted by molar-refractivity contribution is 5.88. The lowest BCUT2D eigenvalue weighted by molar-refractivity contribution is -0.119. The van der Waals surface area contributed by atoms with Crippen molar-refractivity contribution in [3.8, 4) is 28.4 Å². The standard InChI is InChI=1S/C24H27N3O4/c1-14(17-11-23(28)25-12-17)31-22-10-16(15-4-7-20(29-2)21(9-15)30-3)8-19-24(22)27(13-26-19)18-5-6-18/h4,7-10,13-14,17-18H,5-6,11-12H2,1-3H3,(H,25,28). The fourth-order valence-corrected chi connectivity index (χ4v) is 4.29. The van der Waals surface area contributed by atoms with Gasteiger partial charge in [0.15, 0.2) is 11.5 Å². The topological polar surface area (TPSA) is 74.6 Å². The summed E-state index contributed by atoms with van der Waals surface area (Å²) in [6.07, 6.45) is 4.66. The summed E-state index contributed by atoms with van der Waals surface area (Å²) in [5.41, 5.74) is 3.92. The summed E-state index contributed by atoms with van der Waals surface area (Å²) >= 11 is 0. The summed E-state index contributed by atoms with van der Waals surface area (Å²) in [6.45, 7) is 2.69. The maximum Gasteiger partial charge on any atom is 0.220 e. The summed E-state index contributed by atoms with van der Waals surface area (Å²) in [4.78, 5) is 16.4. The Morgan fingerprint density at radius 2 is 1.84 bits per heavy atom. The third-order valence-corrected chi connectivity index (χ3v) is 6.28. The van der Waals surface area contributed by atoms with E-state index in [1.807, 2.05) is 31.5 Å². The zero-order chi connectivity index (χ0) is 21.5. The van der Waals surface area contributed by atoms with Crippen molar-refractivity contribution in [1.29, 1.82) is 0 Å². The Morgan fingerprint density at radius 1 is 1.06 bits per heavy atom. The van der Waals surface area contributed by atoms with E-state index in [1.54, 1.807) is 14.2 Å². The van der Waals surface area contributed by atoms with Crippen LogP contribution in [0.2, 0.25) is 0 Å². The van der Waals surface area contributed by atoms with Crippen LogP contribution in [-0.2, 0) is 4.79 Å². The molecule has 2 aliphatic rings. The lowest BCUT2D eigenvalue weighted by Gasteiger charge is -2.21. The molecule has 0 bridgehead atoms. The molecule has 2 aromatic carbocycles. The van der Waals surface area contributed by atoms with Crippen molar-refractivity contribution in [2.24, 2.45) is 5.92 Å². The van der Waals surface area contributed by atoms with Crippen molar-refractivity contribution in [1.82, 2.24) is 14.9 Å². The zero-order valence-corrected chi connectivity index (χ0v) is 18.1. The number of nitrogens with one attached hydrogen (secondary N) is 1. The van der Waals surface area contributed by atoms with Gasteiger partial charge in [0.1, 0.15) is 17.4 Å². The lowest BCUT2D eigenvalue weighted by atomic mass is 10.0. The largest absolute Gasteiger partial charge is 0.493 e. The minimum atomic E-state index is -0.0923. The number of aromatic nitrogens is 2. The number of fused-ring (bicyclic) bond motifs is 1. The molecule has 2 atom stereocenters. The van der Waals surface area contributed by atoms with Gasteiger partial charge in [0.05, 0.1) is 26.1 Å². The number of benzene rings is 2. The number of imidazole rings is 1. The van der Waals surface area contributed by atoms with Crippen LogP contribution >= 0.6 is 0 Å². The molecule has 7 heteroatoms. The Morgan fingerprint density at radius 3 is 2.52 bits per heavy atom. The number of ether oxygens (including phenoxy) is 3. The highest BCUT2D eigenvalue weighted by Crippen LogP contribution is 2.42. The van der Waals surface area contributed by atoms with Crippen molar-refractivity contribution in [2.75, 3.05) is 20.8 Å². The fourth-order valence-electron chi connectivity index (χ4n) is 4.29. The number of methoxy groups -OCH3 is 2. The number of amides is 1. The molecule has 0 radical (unpaired) electrons. The molecule has 1 saturated carbocycles. The Kier molecular flexibility index (Phi) is 4.96. The third kappa shape index (κ3) is 3.69. The van der Waals surface area contributed by atoms with Gasteiger partial charge in [-0.2, -0.15) is 0 Å². The molecule has 1 saturated heterocycles. The molecule has 0 spiro atoms. The molecule has 1 aromatic heterocycles. The van der Waals surface area contributed by atoms with Crippen molar-refractivity contribution in [2.45, 2.75) is 38.3 Å². The Labute approximate surface area is 181 Å². The van der Waals surface area contributed by atoms with Crippen LogP contribution in [0.15, 0.2) is 36.7 Å². The van der Waals surface area contributed by atoms with Gasteiger partial charge in [0.2, 0.25) is 5.91 Å². The van der Waals surface area contributed by atoms with Crippen molar-refractivity contribution < 1.29 is 19.0 Å². The molecular formula is C24H27N3O4. The van der Waals surface area contributed by atoms with Crippen LogP contribution in [0.3, 0.4) is 0 Å². The van der Waals surface area contributed by atoms with Crippen molar-refractivity contribution >= 4 is 16.9 Å². The van der Waals surface area contributed by atoms with E-state index in [9.17, 15) is 4.79 Å². The molecule has 1 N–H and O–H groups in total. The van der Waals surface area contributed by atoms with Gasteiger partial charge in [-0.15, -0.1) is 0 Å². The summed E-state index contributed by atoms with van der Waals surface area (Å²) < 4.78 is 19.6. The minimum absolute atomic E-state index is 0.0905. The molecule has 5 rings (SSSR count). The predicted octanol–water partition coefficient (Wildman–Crippen LogP) is 3.96. The normalized spacial score (nSPS) is 19.3. The number of carbonyl (C=O) groups is 1. The van der Waals surface area contributed by atoms with E-state index < -0.39 is 0 Å². The van der Waals surface area contributed by atoms with Crippen LogP contribution in [0.4, 0.5) is 0 Å². The molecule has 1 amide bonds. The van der Waals surface area contributed by atoms with E-state index in [2.05, 4.69) is 27.0 Å². The second kappa shape index (κ2) is 7.80. The van der Waals surface area contributed by atoms with Gasteiger partial charge in [-0.25, -0.2) is 4.98 Å². The first kappa shape index (κ1) is 19.7. The molecule has 1 aliphatic heterocycles. The van der Waals surface area contributed by atoms with E-state index in [-0.39, 0.29) is 17.9 Å². The molecule has 3 aromatic rings. The van der Waals surface area contributed by atoms with Gasteiger partial charge in [-0.3, -0.25) is 4.79 Å². The van der Waals surface area contributed by atoms with E-state index >= 15 is 0 Å². The summed E-state index contributed by atoms with van der Waals surface area (Å²) in [5.74, 6) is 2.42. The van der Waals surface area contributed by atoms with E-state index in [4.69, 9.17) is 14.2 Å². The van der Waals surface area contributed by atoms with Gasteiger partial charge >= 0.3 is 0 Å². The van der Waals surface area contributed by atoms with Crippen LogP contribution in [0.5, 0.6) is 17.2 Å². The van der Waals surface area contributed by atoms with E-state index in [0.29, 0.717) is 30.5 Å². The Bertz CT molecular complexity index is 1140. The summed E-state index contributed by atoms with van der Waals surface area (Å²) in [7, 11) is 3.26. The lowest BCUT2D eigenvalue weighted by Crippen LogP contribution is -2.25. The molecule has 31 heavy (non-hydrogen) atoms. The number of rotatable bonds is 7. The monoisotopic (exact) mass is 421 g/mol. The number of hydrogen-bond acceptors (Lipinski definition) is 5. The number of nitrogens with zero attached hydrogens (tertiary/aromatic N) is 2. The highest BCUT2D eigenvalue weighted by Gasteiger charge is 2.30. The second-order valence-corrected chi connectivity index (χ2v) is 8.39. The van der Waals surface area contributed by atoms with Gasteiger partial charge in [0.25, 0.3) is 0 Å². The Hall–Kier alpha value is -3.22. The summed E-state index contributed by atoms with van der Waals surface area (Å²) in [6, 6.07) is 10.5. The average Bonchev–Trinajstić information content (AvgIpc) is 3.38. The second-order valence-electron chi connectivity index (χ2n) is 8.39. The van der Waals surface area contributed by atoms with Crippen LogP contribution < -0.4 is 19.5 Å². The third-order valence-electron chi connectivity index (χ3n) is 6.28. The highest BCUT2D eigenvalue weighted by atomic mass is 16.5. The van der Waals surface area contributed by atoms with E-state index in [0.717, 1.165) is 27.9 Å². The predicted molar refractivity (Wildman–Crippen MR) is 118 cm³/mol. The van der Waals surface area contributed by atoms with Crippen LogP contribution in [0, 0.1) is 5.92 Å². The number of hydrogen-bond donors (Lipinski definition) is 1. The number of carbonyl (C=O) groups excluding carboxylic acids is 1. The molecule has 162 valence electrons. The summed E-state index contributed by atoms with van der Waals surface area (Å²) in [5, 5.41) is 2.91.